The van der Waals surface area contributed by atoms with E-state index in [2.05, 4.69) is 21.7 Å². The van der Waals surface area contributed by atoms with Gasteiger partial charge in [0.05, 0.1) is 5.69 Å². The summed E-state index contributed by atoms with van der Waals surface area (Å²) in [6, 6.07) is 0.831. The number of hydrogen-bond donors (Lipinski definition) is 1. The van der Waals surface area contributed by atoms with E-state index in [4.69, 9.17) is 4.98 Å². The van der Waals surface area contributed by atoms with Gasteiger partial charge in [-0.1, -0.05) is 13.3 Å². The highest BCUT2D eigenvalue weighted by Gasteiger charge is 2.28. The number of anilines is 1. The minimum absolute atomic E-state index is 0.425. The number of aromatic nitrogens is 2. The summed E-state index contributed by atoms with van der Waals surface area (Å²) in [5.41, 5.74) is 2.34. The first kappa shape index (κ1) is 18.5. The minimum atomic E-state index is -0.425. The van der Waals surface area contributed by atoms with Gasteiger partial charge >= 0.3 is 0 Å². The second-order valence-electron chi connectivity index (χ2n) is 7.47. The third kappa shape index (κ3) is 4.49. The lowest BCUT2D eigenvalue weighted by atomic mass is 9.91. The number of aliphatic hydroxyl groups excluding tert-OH is 1. The van der Waals surface area contributed by atoms with Gasteiger partial charge in [-0.3, -0.25) is 9.80 Å². The summed E-state index contributed by atoms with van der Waals surface area (Å²) in [6.07, 6.45) is 7.53. The Morgan fingerprint density at radius 2 is 2.00 bits per heavy atom. The molecule has 1 saturated carbocycles. The topological polar surface area (TPSA) is 55.7 Å². The van der Waals surface area contributed by atoms with E-state index in [9.17, 15) is 5.11 Å². The van der Waals surface area contributed by atoms with Crippen LogP contribution in [0.2, 0.25) is 0 Å². The molecule has 0 amide bonds. The molecule has 2 aliphatic rings. The van der Waals surface area contributed by atoms with E-state index in [-0.39, 0.29) is 0 Å². The number of hydrogen-bond acceptors (Lipinski definition) is 6. The molecular weight excluding hydrogens is 314 g/mol. The van der Waals surface area contributed by atoms with Crippen molar-refractivity contribution in [2.75, 3.05) is 44.7 Å². The maximum Gasteiger partial charge on any atom is 0.225 e. The summed E-state index contributed by atoms with van der Waals surface area (Å²) in [6.45, 7) is 9.05. The van der Waals surface area contributed by atoms with Crippen LogP contribution in [-0.2, 0) is 12.8 Å². The van der Waals surface area contributed by atoms with E-state index in [0.717, 1.165) is 63.2 Å². The largest absolute Gasteiger partial charge is 0.379 e. The second-order valence-corrected chi connectivity index (χ2v) is 7.47. The molecule has 2 fully saturated rings. The van der Waals surface area contributed by atoms with Gasteiger partial charge in [0.15, 0.2) is 0 Å². The molecule has 6 nitrogen and oxygen atoms in total. The van der Waals surface area contributed by atoms with Gasteiger partial charge in [0.2, 0.25) is 5.95 Å². The van der Waals surface area contributed by atoms with Crippen LogP contribution in [0.5, 0.6) is 0 Å². The first-order valence-electron chi connectivity index (χ1n) is 9.80. The zero-order valence-corrected chi connectivity index (χ0v) is 16.0. The Bertz CT molecular complexity index is 553. The average Bonchev–Trinajstić information content (AvgIpc) is 2.58. The van der Waals surface area contributed by atoms with E-state index in [1.54, 1.807) is 6.92 Å². The van der Waals surface area contributed by atoms with Crippen LogP contribution in [0.15, 0.2) is 6.20 Å². The highest BCUT2D eigenvalue weighted by molar-refractivity contribution is 5.34. The molecule has 1 unspecified atom stereocenters. The van der Waals surface area contributed by atoms with Crippen LogP contribution in [0, 0.1) is 0 Å². The van der Waals surface area contributed by atoms with Gasteiger partial charge in [0.1, 0.15) is 6.23 Å². The number of rotatable bonds is 7. The van der Waals surface area contributed by atoms with Crippen molar-refractivity contribution in [3.8, 4) is 0 Å². The summed E-state index contributed by atoms with van der Waals surface area (Å²) in [5, 5.41) is 9.66. The van der Waals surface area contributed by atoms with Gasteiger partial charge in [-0.25, -0.2) is 9.97 Å². The Morgan fingerprint density at radius 3 is 2.56 bits per heavy atom. The first-order valence-corrected chi connectivity index (χ1v) is 9.80. The van der Waals surface area contributed by atoms with Crippen LogP contribution in [0.1, 0.15) is 44.4 Å². The molecule has 2 heterocycles. The highest BCUT2D eigenvalue weighted by atomic mass is 16.3. The smallest absolute Gasteiger partial charge is 0.225 e. The second kappa shape index (κ2) is 8.43. The molecule has 1 aromatic rings. The normalized spacial score (nSPS) is 20.8. The molecule has 1 aliphatic heterocycles. The minimum Gasteiger partial charge on any atom is -0.379 e. The van der Waals surface area contributed by atoms with Gasteiger partial charge in [-0.15, -0.1) is 0 Å². The van der Waals surface area contributed by atoms with E-state index in [1.807, 2.05) is 18.1 Å². The fourth-order valence-corrected chi connectivity index (χ4v) is 3.60. The Kier molecular flexibility index (Phi) is 6.25. The van der Waals surface area contributed by atoms with E-state index >= 15 is 0 Å². The SMILES string of the molecule is CCc1cnc(N2CCN(C3CCC3)CC2)nc1CCN(C)C(C)O. The van der Waals surface area contributed by atoms with Crippen LogP contribution in [-0.4, -0.2) is 76.9 Å². The highest BCUT2D eigenvalue weighted by Crippen LogP contribution is 2.26. The summed E-state index contributed by atoms with van der Waals surface area (Å²) in [4.78, 5) is 16.4. The number of piperazine rings is 1. The first-order chi connectivity index (χ1) is 12.1. The molecule has 1 atom stereocenters. The Labute approximate surface area is 151 Å². The van der Waals surface area contributed by atoms with Crippen molar-refractivity contribution in [1.29, 1.82) is 0 Å². The van der Waals surface area contributed by atoms with Crippen LogP contribution >= 0.6 is 0 Å². The third-order valence-corrected chi connectivity index (χ3v) is 5.85. The molecule has 6 heteroatoms. The fraction of sp³-hybridized carbons (Fsp3) is 0.789. The van der Waals surface area contributed by atoms with Gasteiger partial charge in [0.25, 0.3) is 0 Å². The molecular formula is C19H33N5O. The Balaban J connectivity index is 1.62. The van der Waals surface area contributed by atoms with Crippen LogP contribution in [0.3, 0.4) is 0 Å². The molecule has 0 spiro atoms. The zero-order chi connectivity index (χ0) is 17.8. The molecule has 1 aliphatic carbocycles. The maximum atomic E-state index is 9.66. The number of aliphatic hydroxyl groups is 1. The lowest BCUT2D eigenvalue weighted by molar-refractivity contribution is 0.0392. The van der Waals surface area contributed by atoms with Gasteiger partial charge in [-0.2, -0.15) is 0 Å². The number of aryl methyl sites for hydroxylation is 1. The van der Waals surface area contributed by atoms with Crippen molar-refractivity contribution in [3.05, 3.63) is 17.5 Å². The quantitative estimate of drug-likeness (QED) is 0.755. The number of nitrogens with zero attached hydrogens (tertiary/aromatic N) is 5. The fourth-order valence-electron chi connectivity index (χ4n) is 3.60. The molecule has 0 radical (unpaired) electrons. The third-order valence-electron chi connectivity index (χ3n) is 5.85. The zero-order valence-electron chi connectivity index (χ0n) is 16.0. The van der Waals surface area contributed by atoms with Gasteiger partial charge in [-0.05, 0) is 38.8 Å². The molecule has 1 saturated heterocycles. The molecule has 25 heavy (non-hydrogen) atoms. The van der Waals surface area contributed by atoms with Crippen LogP contribution < -0.4 is 4.90 Å². The predicted octanol–water partition coefficient (Wildman–Crippen LogP) is 1.53. The lowest BCUT2D eigenvalue weighted by Gasteiger charge is -2.43. The van der Waals surface area contributed by atoms with Gasteiger partial charge in [0, 0.05) is 51.4 Å². The summed E-state index contributed by atoms with van der Waals surface area (Å²) < 4.78 is 0. The van der Waals surface area contributed by atoms with Crippen molar-refractivity contribution in [2.24, 2.45) is 0 Å². The van der Waals surface area contributed by atoms with E-state index in [1.165, 1.54) is 24.8 Å². The van der Waals surface area contributed by atoms with Crippen molar-refractivity contribution in [1.82, 2.24) is 19.8 Å². The van der Waals surface area contributed by atoms with Crippen molar-refractivity contribution >= 4 is 5.95 Å². The van der Waals surface area contributed by atoms with E-state index in [0.29, 0.717) is 0 Å². The molecule has 3 rings (SSSR count). The monoisotopic (exact) mass is 347 g/mol. The molecule has 1 N–H and O–H groups in total. The molecule has 1 aromatic heterocycles. The van der Waals surface area contributed by atoms with Crippen molar-refractivity contribution in [2.45, 2.75) is 58.2 Å². The number of likely N-dealkylation sites (N-methyl/N-ethyl adjacent to an activating group) is 1. The van der Waals surface area contributed by atoms with Gasteiger partial charge < -0.3 is 10.0 Å². The summed E-state index contributed by atoms with van der Waals surface area (Å²) >= 11 is 0. The van der Waals surface area contributed by atoms with Crippen molar-refractivity contribution < 1.29 is 5.11 Å². The van der Waals surface area contributed by atoms with Crippen LogP contribution in [0.25, 0.3) is 0 Å². The summed E-state index contributed by atoms with van der Waals surface area (Å²) in [5.74, 6) is 0.875. The lowest BCUT2D eigenvalue weighted by Crippen LogP contribution is -2.52. The standard InChI is InChI=1S/C19H33N5O/c1-4-16-14-20-19(21-18(16)8-9-22(3)15(2)25)24-12-10-23(11-13-24)17-6-5-7-17/h14-15,17,25H,4-13H2,1-3H3. The van der Waals surface area contributed by atoms with Crippen LogP contribution in [0.4, 0.5) is 5.95 Å². The molecule has 0 aromatic carbocycles. The molecule has 140 valence electrons. The van der Waals surface area contributed by atoms with Crippen molar-refractivity contribution in [3.63, 3.8) is 0 Å². The Morgan fingerprint density at radius 1 is 1.28 bits per heavy atom. The predicted molar refractivity (Wildman–Crippen MR) is 101 cm³/mol. The van der Waals surface area contributed by atoms with E-state index < -0.39 is 6.23 Å². The average molecular weight is 348 g/mol. The summed E-state index contributed by atoms with van der Waals surface area (Å²) in [7, 11) is 1.94. The maximum absolute atomic E-state index is 9.66. The Hall–Kier alpha value is -1.24. The molecule has 0 bridgehead atoms.